The van der Waals surface area contributed by atoms with Crippen molar-refractivity contribution >= 4 is 23.5 Å². The third kappa shape index (κ3) is 6.33. The zero-order valence-electron chi connectivity index (χ0n) is 22.8. The number of carbonyl (C=O) groups is 1. The number of halogens is 5. The fourth-order valence-corrected chi connectivity index (χ4v) is 6.38. The molecule has 1 amide bonds. The Labute approximate surface area is 245 Å². The topological polar surface area (TPSA) is 87.2 Å². The Kier molecular flexibility index (Phi) is 7.99. The fraction of sp³-hybridized carbons (Fsp3) is 0.517. The summed E-state index contributed by atoms with van der Waals surface area (Å²) < 4.78 is 60.4. The lowest BCUT2D eigenvalue weighted by molar-refractivity contribution is -0.143. The number of benzene rings is 1. The van der Waals surface area contributed by atoms with Crippen molar-refractivity contribution in [3.63, 3.8) is 0 Å². The lowest BCUT2D eigenvalue weighted by Gasteiger charge is -2.32. The molecule has 2 fully saturated rings. The number of hydrogen-bond acceptors (Lipinski definition) is 6. The van der Waals surface area contributed by atoms with E-state index in [-0.39, 0.29) is 37.1 Å². The first-order valence-corrected chi connectivity index (χ1v) is 14.6. The highest BCUT2D eigenvalue weighted by molar-refractivity contribution is 6.30. The molecule has 2 atom stereocenters. The van der Waals surface area contributed by atoms with Crippen LogP contribution in [0.25, 0.3) is 0 Å². The highest BCUT2D eigenvalue weighted by Gasteiger charge is 2.43. The van der Waals surface area contributed by atoms with Gasteiger partial charge in [0.15, 0.2) is 5.69 Å². The van der Waals surface area contributed by atoms with Crippen LogP contribution in [0, 0.1) is 23.6 Å². The molecule has 3 aromatic rings. The van der Waals surface area contributed by atoms with Crippen LogP contribution in [0.1, 0.15) is 48.2 Å². The van der Waals surface area contributed by atoms with Crippen molar-refractivity contribution in [2.45, 2.75) is 51.2 Å². The first kappa shape index (κ1) is 28.7. The molecule has 8 nitrogen and oxygen atoms in total. The second-order valence-electron chi connectivity index (χ2n) is 11.3. The second-order valence-corrected chi connectivity index (χ2v) is 11.8. The second kappa shape index (κ2) is 11.7. The summed E-state index contributed by atoms with van der Waals surface area (Å²) in [5.74, 6) is 2.08. The minimum Gasteiger partial charge on any atom is -0.493 e. The van der Waals surface area contributed by atoms with Crippen LogP contribution in [0.15, 0.2) is 30.6 Å². The van der Waals surface area contributed by atoms with Gasteiger partial charge in [-0.2, -0.15) is 18.3 Å². The van der Waals surface area contributed by atoms with Crippen molar-refractivity contribution in [2.24, 2.45) is 17.8 Å². The molecule has 13 heteroatoms. The summed E-state index contributed by atoms with van der Waals surface area (Å²) in [6, 6.07) is 4.42. The molecule has 2 aliphatic heterocycles. The number of H-pyrrole nitrogens is 1. The predicted octanol–water partition coefficient (Wildman–Crippen LogP) is 5.46. The van der Waals surface area contributed by atoms with E-state index < -0.39 is 23.6 Å². The molecule has 1 N–H and O–H groups in total. The summed E-state index contributed by atoms with van der Waals surface area (Å²) in [5, 5.41) is 6.33. The smallest absolute Gasteiger partial charge is 0.435 e. The van der Waals surface area contributed by atoms with Gasteiger partial charge in [0.05, 0.1) is 30.4 Å². The molecular formula is C29H31ClF4N6O2. The van der Waals surface area contributed by atoms with Crippen LogP contribution in [-0.2, 0) is 30.4 Å². The summed E-state index contributed by atoms with van der Waals surface area (Å²) >= 11 is 5.89. The Balaban J connectivity index is 0.939. The van der Waals surface area contributed by atoms with Gasteiger partial charge in [-0.1, -0.05) is 17.7 Å². The normalized spacial score (nSPS) is 20.9. The van der Waals surface area contributed by atoms with Gasteiger partial charge in [0.25, 0.3) is 0 Å². The monoisotopic (exact) mass is 606 g/mol. The van der Waals surface area contributed by atoms with Gasteiger partial charge in [-0.15, -0.1) is 0 Å². The molecule has 1 saturated heterocycles. The Bertz CT molecular complexity index is 1420. The summed E-state index contributed by atoms with van der Waals surface area (Å²) in [6.45, 7) is 2.37. The van der Waals surface area contributed by atoms with E-state index in [4.69, 9.17) is 16.3 Å². The Morgan fingerprint density at radius 3 is 2.62 bits per heavy atom. The Morgan fingerprint density at radius 2 is 1.90 bits per heavy atom. The summed E-state index contributed by atoms with van der Waals surface area (Å²) in [7, 11) is 0. The van der Waals surface area contributed by atoms with Crippen LogP contribution >= 0.6 is 11.6 Å². The number of fused-ring (bicyclic) bond motifs is 1. The van der Waals surface area contributed by atoms with E-state index in [9.17, 15) is 22.4 Å². The van der Waals surface area contributed by atoms with E-state index in [1.54, 1.807) is 18.5 Å². The maximum Gasteiger partial charge on any atom is 0.435 e. The molecule has 224 valence electrons. The van der Waals surface area contributed by atoms with Gasteiger partial charge in [-0.25, -0.2) is 14.4 Å². The molecule has 1 aliphatic carbocycles. The van der Waals surface area contributed by atoms with E-state index in [1.807, 2.05) is 0 Å². The third-order valence-corrected chi connectivity index (χ3v) is 8.89. The molecule has 6 rings (SSSR count). The van der Waals surface area contributed by atoms with Crippen molar-refractivity contribution in [3.8, 4) is 5.75 Å². The van der Waals surface area contributed by atoms with Crippen molar-refractivity contribution in [3.05, 3.63) is 63.9 Å². The van der Waals surface area contributed by atoms with Gasteiger partial charge in [-0.05, 0) is 55.1 Å². The molecule has 0 radical (unpaired) electrons. The number of amides is 1. The van der Waals surface area contributed by atoms with Crippen LogP contribution in [-0.4, -0.2) is 57.2 Å². The SMILES string of the molecule is O=C(Cc1ccc(OCCC2CC2C2CCN(c3ncc(Cl)cn3)CC2)cc1F)N1CCc2[nH]nc(C(F)(F)F)c2C1. The highest BCUT2D eigenvalue weighted by Crippen LogP contribution is 2.50. The average Bonchev–Trinajstić information content (AvgIpc) is 3.60. The van der Waals surface area contributed by atoms with E-state index >= 15 is 0 Å². The van der Waals surface area contributed by atoms with Gasteiger partial charge in [-0.3, -0.25) is 9.89 Å². The van der Waals surface area contributed by atoms with Crippen LogP contribution in [0.2, 0.25) is 5.02 Å². The van der Waals surface area contributed by atoms with Crippen LogP contribution in [0.4, 0.5) is 23.5 Å². The maximum absolute atomic E-state index is 14.8. The number of hydrogen-bond donors (Lipinski definition) is 1. The molecule has 2 aromatic heterocycles. The summed E-state index contributed by atoms with van der Waals surface area (Å²) in [5.41, 5.74) is -0.470. The molecule has 1 saturated carbocycles. The van der Waals surface area contributed by atoms with Gasteiger partial charge in [0, 0.05) is 49.9 Å². The molecule has 42 heavy (non-hydrogen) atoms. The zero-order valence-corrected chi connectivity index (χ0v) is 23.6. The third-order valence-electron chi connectivity index (χ3n) is 8.69. The highest BCUT2D eigenvalue weighted by atomic mass is 35.5. The lowest BCUT2D eigenvalue weighted by Crippen LogP contribution is -2.37. The quantitative estimate of drug-likeness (QED) is 0.343. The van der Waals surface area contributed by atoms with E-state index in [1.165, 1.54) is 23.5 Å². The largest absolute Gasteiger partial charge is 0.493 e. The lowest BCUT2D eigenvalue weighted by atomic mass is 9.90. The van der Waals surface area contributed by atoms with E-state index in [0.29, 0.717) is 40.8 Å². The number of aromatic amines is 1. The number of aromatic nitrogens is 4. The number of piperidine rings is 1. The first-order chi connectivity index (χ1) is 20.2. The zero-order chi connectivity index (χ0) is 29.4. The van der Waals surface area contributed by atoms with Crippen molar-refractivity contribution in [2.75, 3.05) is 31.1 Å². The molecule has 3 aliphatic rings. The Hall–Kier alpha value is -3.41. The summed E-state index contributed by atoms with van der Waals surface area (Å²) in [4.78, 5) is 25.0. The van der Waals surface area contributed by atoms with E-state index in [0.717, 1.165) is 38.3 Å². The number of rotatable bonds is 8. The van der Waals surface area contributed by atoms with E-state index in [2.05, 4.69) is 25.1 Å². The van der Waals surface area contributed by atoms with Crippen molar-refractivity contribution in [1.82, 2.24) is 25.1 Å². The number of nitrogens with one attached hydrogen (secondary N) is 1. The van der Waals surface area contributed by atoms with Crippen molar-refractivity contribution < 1.29 is 27.1 Å². The minimum absolute atomic E-state index is 0.0257. The molecule has 0 bridgehead atoms. The van der Waals surface area contributed by atoms with Gasteiger partial charge in [0.2, 0.25) is 11.9 Å². The number of anilines is 1. The molecule has 0 spiro atoms. The number of nitrogens with zero attached hydrogens (tertiary/aromatic N) is 5. The first-order valence-electron chi connectivity index (χ1n) is 14.2. The molecule has 2 unspecified atom stereocenters. The Morgan fingerprint density at radius 1 is 1.14 bits per heavy atom. The van der Waals surface area contributed by atoms with Gasteiger partial charge in [0.1, 0.15) is 11.6 Å². The number of carbonyl (C=O) groups excluding carboxylic acids is 1. The standard InChI is InChI=1S/C29H31ClF4N6O2/c30-20-14-35-28(36-15-20)39-7-3-17(4-8-39)22-11-18(22)6-10-42-21-2-1-19(24(31)13-21)12-26(41)40-9-5-25-23(16-40)27(38-37-25)29(32,33)34/h1-2,13-15,17-18,22H,3-12,16H2,(H,37,38). The summed E-state index contributed by atoms with van der Waals surface area (Å²) in [6.07, 6.45) is 2.91. The van der Waals surface area contributed by atoms with Crippen molar-refractivity contribution in [1.29, 1.82) is 0 Å². The number of ether oxygens (including phenoxy) is 1. The number of alkyl halides is 3. The average molecular weight is 607 g/mol. The maximum atomic E-state index is 14.8. The molecule has 4 heterocycles. The van der Waals surface area contributed by atoms with Gasteiger partial charge >= 0.3 is 6.18 Å². The molecular weight excluding hydrogens is 576 g/mol. The van der Waals surface area contributed by atoms with Crippen LogP contribution in [0.5, 0.6) is 5.75 Å². The van der Waals surface area contributed by atoms with Crippen LogP contribution < -0.4 is 9.64 Å². The molecule has 1 aromatic carbocycles. The fourth-order valence-electron chi connectivity index (χ4n) is 6.28. The predicted molar refractivity (Wildman–Crippen MR) is 147 cm³/mol. The van der Waals surface area contributed by atoms with Gasteiger partial charge < -0.3 is 14.5 Å². The minimum atomic E-state index is -4.61. The van der Waals surface area contributed by atoms with Crippen LogP contribution in [0.3, 0.4) is 0 Å².